The van der Waals surface area contributed by atoms with Gasteiger partial charge >= 0.3 is 0 Å². The third-order valence-electron chi connectivity index (χ3n) is 5.22. The number of hydrogen-bond acceptors (Lipinski definition) is 4. The van der Waals surface area contributed by atoms with Crippen LogP contribution >= 0.6 is 0 Å². The van der Waals surface area contributed by atoms with E-state index in [4.69, 9.17) is 5.10 Å². The molecule has 0 radical (unpaired) electrons. The number of carbonyl (C=O) groups excluding carboxylic acids is 1. The number of rotatable bonds is 4. The summed E-state index contributed by atoms with van der Waals surface area (Å²) in [6.07, 6.45) is 11.0. The first-order valence-electron chi connectivity index (χ1n) is 8.58. The average molecular weight is 318 g/mol. The number of aromatic nitrogens is 4. The van der Waals surface area contributed by atoms with Crippen molar-refractivity contribution in [3.05, 3.63) is 42.5 Å². The summed E-state index contributed by atoms with van der Waals surface area (Å²) in [5.74, 6) is 0.744. The molecule has 0 saturated heterocycles. The second-order valence-corrected chi connectivity index (χ2v) is 6.94. The van der Waals surface area contributed by atoms with E-state index in [2.05, 4.69) is 26.9 Å². The fourth-order valence-electron chi connectivity index (χ4n) is 3.59. The topological polar surface area (TPSA) is 60.7 Å². The Hall–Kier alpha value is -2.56. The standard InChI is InChI=1S/C19H18N4O/c24-11-12-8-15(9-12)23-10-16(17(22-23)14-3-4-14)19-18-13(5-7-21-19)2-1-6-20-18/h1-2,5-7,10-12,14-15H,3-4,8-9H2/t12-,15-. The van der Waals surface area contributed by atoms with Crippen molar-refractivity contribution in [2.45, 2.75) is 37.6 Å². The molecule has 0 spiro atoms. The molecule has 24 heavy (non-hydrogen) atoms. The van der Waals surface area contributed by atoms with Crippen LogP contribution in [0, 0.1) is 5.92 Å². The van der Waals surface area contributed by atoms with Crippen molar-refractivity contribution >= 4 is 17.2 Å². The Kier molecular flexibility index (Phi) is 3.01. The van der Waals surface area contributed by atoms with Gasteiger partial charge in [-0.05, 0) is 37.8 Å². The Bertz CT molecular complexity index is 917. The van der Waals surface area contributed by atoms with Crippen LogP contribution in [0.2, 0.25) is 0 Å². The molecule has 2 aliphatic carbocycles. The minimum atomic E-state index is 0.198. The van der Waals surface area contributed by atoms with Crippen molar-refractivity contribution in [2.75, 3.05) is 0 Å². The maximum atomic E-state index is 10.9. The fraction of sp³-hybridized carbons (Fsp3) is 0.368. The van der Waals surface area contributed by atoms with Crippen molar-refractivity contribution in [3.8, 4) is 11.3 Å². The summed E-state index contributed by atoms with van der Waals surface area (Å²) < 4.78 is 2.06. The zero-order valence-corrected chi connectivity index (χ0v) is 13.3. The molecular formula is C19H18N4O. The molecule has 2 saturated carbocycles. The third kappa shape index (κ3) is 2.15. The first kappa shape index (κ1) is 13.8. The Labute approximate surface area is 139 Å². The Morgan fingerprint density at radius 1 is 1.12 bits per heavy atom. The zero-order chi connectivity index (χ0) is 16.1. The predicted octanol–water partition coefficient (Wildman–Crippen LogP) is 3.52. The number of aldehydes is 1. The lowest BCUT2D eigenvalue weighted by Gasteiger charge is -2.31. The zero-order valence-electron chi connectivity index (χ0n) is 13.3. The molecule has 2 fully saturated rings. The highest BCUT2D eigenvalue weighted by Crippen LogP contribution is 2.45. The van der Waals surface area contributed by atoms with E-state index in [1.807, 2.05) is 24.5 Å². The highest BCUT2D eigenvalue weighted by Gasteiger charge is 2.35. The molecular weight excluding hydrogens is 300 g/mol. The number of hydrogen-bond donors (Lipinski definition) is 0. The van der Waals surface area contributed by atoms with E-state index >= 15 is 0 Å². The second-order valence-electron chi connectivity index (χ2n) is 6.94. The molecule has 0 aliphatic heterocycles. The van der Waals surface area contributed by atoms with Gasteiger partial charge in [0.15, 0.2) is 0 Å². The minimum absolute atomic E-state index is 0.198. The van der Waals surface area contributed by atoms with Crippen LogP contribution in [0.5, 0.6) is 0 Å². The van der Waals surface area contributed by atoms with Crippen LogP contribution in [0.3, 0.4) is 0 Å². The van der Waals surface area contributed by atoms with Gasteiger partial charge in [-0.1, -0.05) is 6.07 Å². The summed E-state index contributed by atoms with van der Waals surface area (Å²) in [5.41, 5.74) is 4.11. The number of nitrogens with zero attached hydrogens (tertiary/aromatic N) is 4. The van der Waals surface area contributed by atoms with E-state index in [-0.39, 0.29) is 5.92 Å². The van der Waals surface area contributed by atoms with Gasteiger partial charge in [0.25, 0.3) is 0 Å². The SMILES string of the molecule is O=C[C@H]1C[C@H](n2cc(-c3nccc4cccnc34)c(C3CC3)n2)C1. The summed E-state index contributed by atoms with van der Waals surface area (Å²) in [4.78, 5) is 20.0. The molecule has 5 heteroatoms. The molecule has 5 nitrogen and oxygen atoms in total. The van der Waals surface area contributed by atoms with Crippen molar-refractivity contribution in [1.82, 2.24) is 19.7 Å². The first-order valence-corrected chi connectivity index (χ1v) is 8.58. The summed E-state index contributed by atoms with van der Waals surface area (Å²) in [6.45, 7) is 0. The van der Waals surface area contributed by atoms with Crippen molar-refractivity contribution in [3.63, 3.8) is 0 Å². The highest BCUT2D eigenvalue weighted by molar-refractivity contribution is 5.91. The molecule has 0 atom stereocenters. The number of carbonyl (C=O) groups is 1. The van der Waals surface area contributed by atoms with Crippen LogP contribution in [0.4, 0.5) is 0 Å². The Balaban J connectivity index is 1.61. The van der Waals surface area contributed by atoms with E-state index < -0.39 is 0 Å². The van der Waals surface area contributed by atoms with Crippen LogP contribution in [0.1, 0.15) is 43.3 Å². The van der Waals surface area contributed by atoms with Gasteiger partial charge in [-0.2, -0.15) is 5.10 Å². The summed E-state index contributed by atoms with van der Waals surface area (Å²) in [5, 5.41) is 5.98. The Morgan fingerprint density at radius 3 is 2.79 bits per heavy atom. The molecule has 120 valence electrons. The summed E-state index contributed by atoms with van der Waals surface area (Å²) in [6, 6.07) is 6.35. The molecule has 2 aliphatic rings. The van der Waals surface area contributed by atoms with Crippen molar-refractivity contribution < 1.29 is 4.79 Å². The molecule has 3 heterocycles. The minimum Gasteiger partial charge on any atom is -0.303 e. The maximum absolute atomic E-state index is 10.9. The lowest BCUT2D eigenvalue weighted by Crippen LogP contribution is -2.28. The molecule has 0 unspecified atom stereocenters. The third-order valence-corrected chi connectivity index (χ3v) is 5.22. The van der Waals surface area contributed by atoms with Gasteiger partial charge < -0.3 is 4.79 Å². The van der Waals surface area contributed by atoms with E-state index in [1.165, 1.54) is 12.8 Å². The van der Waals surface area contributed by atoms with Gasteiger partial charge in [0.1, 0.15) is 6.29 Å². The smallest absolute Gasteiger partial charge is 0.123 e. The molecule has 0 bridgehead atoms. The molecule has 0 amide bonds. The molecule has 0 N–H and O–H groups in total. The van der Waals surface area contributed by atoms with Crippen LogP contribution < -0.4 is 0 Å². The Morgan fingerprint density at radius 2 is 2.00 bits per heavy atom. The van der Waals surface area contributed by atoms with E-state index in [0.717, 1.165) is 47.0 Å². The van der Waals surface area contributed by atoms with Crippen LogP contribution in [-0.2, 0) is 4.79 Å². The van der Waals surface area contributed by atoms with Crippen LogP contribution in [0.15, 0.2) is 36.8 Å². The lowest BCUT2D eigenvalue weighted by atomic mass is 9.81. The molecule has 0 aromatic carbocycles. The molecule has 3 aromatic rings. The van der Waals surface area contributed by atoms with Gasteiger partial charge in [0.2, 0.25) is 0 Å². The van der Waals surface area contributed by atoms with Gasteiger partial charge in [-0.3, -0.25) is 14.6 Å². The monoisotopic (exact) mass is 318 g/mol. The van der Waals surface area contributed by atoms with Crippen LogP contribution in [0.25, 0.3) is 22.2 Å². The largest absolute Gasteiger partial charge is 0.303 e. The fourth-order valence-corrected chi connectivity index (χ4v) is 3.59. The molecule has 3 aromatic heterocycles. The lowest BCUT2D eigenvalue weighted by molar-refractivity contribution is -0.114. The van der Waals surface area contributed by atoms with Gasteiger partial charge in [-0.15, -0.1) is 0 Å². The summed E-state index contributed by atoms with van der Waals surface area (Å²) in [7, 11) is 0. The first-order chi connectivity index (χ1) is 11.8. The highest BCUT2D eigenvalue weighted by atomic mass is 16.1. The maximum Gasteiger partial charge on any atom is 0.123 e. The van der Waals surface area contributed by atoms with Gasteiger partial charge in [-0.25, -0.2) is 0 Å². The van der Waals surface area contributed by atoms with Gasteiger partial charge in [0, 0.05) is 41.4 Å². The van der Waals surface area contributed by atoms with E-state index in [0.29, 0.717) is 12.0 Å². The predicted molar refractivity (Wildman–Crippen MR) is 90.6 cm³/mol. The van der Waals surface area contributed by atoms with Crippen molar-refractivity contribution in [1.29, 1.82) is 0 Å². The number of fused-ring (bicyclic) bond motifs is 1. The summed E-state index contributed by atoms with van der Waals surface area (Å²) >= 11 is 0. The van der Waals surface area contributed by atoms with E-state index in [9.17, 15) is 4.79 Å². The van der Waals surface area contributed by atoms with Crippen LogP contribution in [-0.4, -0.2) is 26.0 Å². The quantitative estimate of drug-likeness (QED) is 0.691. The number of pyridine rings is 2. The van der Waals surface area contributed by atoms with Gasteiger partial charge in [0.05, 0.1) is 22.9 Å². The molecule has 5 rings (SSSR count). The van der Waals surface area contributed by atoms with E-state index in [1.54, 1.807) is 0 Å². The normalized spacial score (nSPS) is 23.2. The average Bonchev–Trinajstić information content (AvgIpc) is 3.34. The second kappa shape index (κ2) is 5.23. The van der Waals surface area contributed by atoms with Crippen molar-refractivity contribution in [2.24, 2.45) is 5.92 Å².